The van der Waals surface area contributed by atoms with E-state index in [-0.39, 0.29) is 11.9 Å². The molecular formula is C13H13BrFNO. The Morgan fingerprint density at radius 1 is 1.41 bits per heavy atom. The molecule has 1 aromatic carbocycles. The first kappa shape index (κ1) is 12.3. The normalized spacial score (nSPS) is 12.7. The summed E-state index contributed by atoms with van der Waals surface area (Å²) in [6.45, 7) is 1.96. The van der Waals surface area contributed by atoms with Crippen molar-refractivity contribution in [3.8, 4) is 0 Å². The highest BCUT2D eigenvalue weighted by atomic mass is 79.9. The van der Waals surface area contributed by atoms with Gasteiger partial charge in [0.25, 0.3) is 0 Å². The zero-order chi connectivity index (χ0) is 12.4. The molecular weight excluding hydrogens is 285 g/mol. The van der Waals surface area contributed by atoms with Crippen LogP contribution in [0.1, 0.15) is 22.9 Å². The van der Waals surface area contributed by atoms with Gasteiger partial charge in [0.2, 0.25) is 0 Å². The lowest BCUT2D eigenvalue weighted by atomic mass is 10.0. The van der Waals surface area contributed by atoms with E-state index in [1.54, 1.807) is 12.3 Å². The molecule has 1 atom stereocenters. The molecule has 0 spiro atoms. The second-order valence-corrected chi connectivity index (χ2v) is 4.87. The van der Waals surface area contributed by atoms with Gasteiger partial charge in [-0.2, -0.15) is 0 Å². The first-order valence-electron chi connectivity index (χ1n) is 5.31. The van der Waals surface area contributed by atoms with Gasteiger partial charge in [-0.05, 0) is 42.7 Å². The number of nitrogens with two attached hydrogens (primary N) is 1. The largest absolute Gasteiger partial charge is 0.467 e. The minimum atomic E-state index is -0.261. The Kier molecular flexibility index (Phi) is 3.64. The maximum atomic E-state index is 12.9. The van der Waals surface area contributed by atoms with E-state index < -0.39 is 0 Å². The standard InChI is InChI=1S/C13H13BrFNO/c1-8-4-5-17-13(8)12(16)6-9-2-3-10(15)7-11(9)14/h2-5,7,12H,6,16H2,1H3. The number of rotatable bonds is 3. The van der Waals surface area contributed by atoms with E-state index in [4.69, 9.17) is 10.2 Å². The maximum Gasteiger partial charge on any atom is 0.124 e. The molecule has 0 radical (unpaired) electrons. The van der Waals surface area contributed by atoms with Crippen LogP contribution in [0.3, 0.4) is 0 Å². The summed E-state index contributed by atoms with van der Waals surface area (Å²) >= 11 is 3.33. The molecule has 90 valence electrons. The number of furan rings is 1. The van der Waals surface area contributed by atoms with Crippen LogP contribution >= 0.6 is 15.9 Å². The molecule has 0 fully saturated rings. The Labute approximate surface area is 108 Å². The molecule has 2 aromatic rings. The van der Waals surface area contributed by atoms with Crippen LogP contribution in [0.2, 0.25) is 0 Å². The van der Waals surface area contributed by atoms with Crippen molar-refractivity contribution in [1.29, 1.82) is 0 Å². The van der Waals surface area contributed by atoms with Gasteiger partial charge in [-0.25, -0.2) is 4.39 Å². The summed E-state index contributed by atoms with van der Waals surface area (Å²) in [7, 11) is 0. The molecule has 0 aliphatic rings. The Bertz CT molecular complexity index is 524. The number of hydrogen-bond donors (Lipinski definition) is 1. The van der Waals surface area contributed by atoms with Crippen LogP contribution in [0.4, 0.5) is 4.39 Å². The fourth-order valence-electron chi connectivity index (χ4n) is 1.78. The molecule has 4 heteroatoms. The molecule has 0 bridgehead atoms. The van der Waals surface area contributed by atoms with Gasteiger partial charge < -0.3 is 10.2 Å². The summed E-state index contributed by atoms with van der Waals surface area (Å²) in [6.07, 6.45) is 2.24. The highest BCUT2D eigenvalue weighted by Gasteiger charge is 2.14. The first-order chi connectivity index (χ1) is 8.08. The SMILES string of the molecule is Cc1ccoc1C(N)Cc1ccc(F)cc1Br. The summed E-state index contributed by atoms with van der Waals surface area (Å²) in [5, 5.41) is 0. The molecule has 2 nitrogen and oxygen atoms in total. The van der Waals surface area contributed by atoms with Gasteiger partial charge in [0.1, 0.15) is 11.6 Å². The Balaban J connectivity index is 2.19. The molecule has 0 amide bonds. The van der Waals surface area contributed by atoms with Gasteiger partial charge in [-0.1, -0.05) is 22.0 Å². The van der Waals surface area contributed by atoms with Crippen molar-refractivity contribution >= 4 is 15.9 Å². The quantitative estimate of drug-likeness (QED) is 0.937. The smallest absolute Gasteiger partial charge is 0.124 e. The summed E-state index contributed by atoms with van der Waals surface area (Å²) in [4.78, 5) is 0. The second kappa shape index (κ2) is 5.02. The third-order valence-corrected chi connectivity index (χ3v) is 3.43. The first-order valence-corrected chi connectivity index (χ1v) is 6.10. The number of benzene rings is 1. The maximum absolute atomic E-state index is 12.9. The molecule has 2 rings (SSSR count). The monoisotopic (exact) mass is 297 g/mol. The van der Waals surface area contributed by atoms with Gasteiger partial charge in [-0.3, -0.25) is 0 Å². The summed E-state index contributed by atoms with van der Waals surface area (Å²) in [5.74, 6) is 0.518. The van der Waals surface area contributed by atoms with E-state index in [0.717, 1.165) is 21.4 Å². The summed E-state index contributed by atoms with van der Waals surface area (Å²) < 4.78 is 19.0. The van der Waals surface area contributed by atoms with E-state index in [1.165, 1.54) is 12.1 Å². The van der Waals surface area contributed by atoms with Crippen LogP contribution in [0.25, 0.3) is 0 Å². The van der Waals surface area contributed by atoms with E-state index in [2.05, 4.69) is 15.9 Å². The van der Waals surface area contributed by atoms with Crippen molar-refractivity contribution < 1.29 is 8.81 Å². The molecule has 1 unspecified atom stereocenters. The van der Waals surface area contributed by atoms with Crippen LogP contribution in [-0.4, -0.2) is 0 Å². The van der Waals surface area contributed by atoms with Crippen molar-refractivity contribution in [3.63, 3.8) is 0 Å². The number of hydrogen-bond acceptors (Lipinski definition) is 2. The third-order valence-electron chi connectivity index (χ3n) is 2.69. The molecule has 1 heterocycles. The van der Waals surface area contributed by atoms with E-state index in [1.807, 2.05) is 13.0 Å². The van der Waals surface area contributed by atoms with Crippen LogP contribution in [0.5, 0.6) is 0 Å². The molecule has 17 heavy (non-hydrogen) atoms. The van der Waals surface area contributed by atoms with Crippen molar-refractivity contribution in [2.45, 2.75) is 19.4 Å². The minimum Gasteiger partial charge on any atom is -0.467 e. The van der Waals surface area contributed by atoms with Crippen LogP contribution in [0.15, 0.2) is 39.4 Å². The Morgan fingerprint density at radius 2 is 2.18 bits per heavy atom. The lowest BCUT2D eigenvalue weighted by Gasteiger charge is -2.11. The van der Waals surface area contributed by atoms with Crippen molar-refractivity contribution in [2.75, 3.05) is 0 Å². The van der Waals surface area contributed by atoms with Crippen molar-refractivity contribution in [2.24, 2.45) is 5.73 Å². The molecule has 0 saturated carbocycles. The van der Waals surface area contributed by atoms with Gasteiger partial charge in [-0.15, -0.1) is 0 Å². The zero-order valence-electron chi connectivity index (χ0n) is 9.41. The topological polar surface area (TPSA) is 39.2 Å². The molecule has 0 aliphatic carbocycles. The summed E-state index contributed by atoms with van der Waals surface area (Å²) in [6, 6.07) is 6.28. The van der Waals surface area contributed by atoms with Gasteiger partial charge in [0.05, 0.1) is 12.3 Å². The molecule has 0 aliphatic heterocycles. The number of halogens is 2. The van der Waals surface area contributed by atoms with E-state index >= 15 is 0 Å². The predicted molar refractivity (Wildman–Crippen MR) is 68.2 cm³/mol. The van der Waals surface area contributed by atoms with Crippen LogP contribution < -0.4 is 5.73 Å². The predicted octanol–water partition coefficient (Wildman–Crippen LogP) is 3.73. The molecule has 0 saturated heterocycles. The Hall–Kier alpha value is -1.13. The average molecular weight is 298 g/mol. The Morgan fingerprint density at radius 3 is 2.76 bits per heavy atom. The van der Waals surface area contributed by atoms with Crippen molar-refractivity contribution in [3.05, 3.63) is 57.7 Å². The second-order valence-electron chi connectivity index (χ2n) is 4.01. The minimum absolute atomic E-state index is 0.216. The van der Waals surface area contributed by atoms with E-state index in [9.17, 15) is 4.39 Å². The zero-order valence-corrected chi connectivity index (χ0v) is 11.0. The molecule has 2 N–H and O–H groups in total. The fraction of sp³-hybridized carbons (Fsp3) is 0.231. The average Bonchev–Trinajstić information content (AvgIpc) is 2.68. The third kappa shape index (κ3) is 2.76. The fourth-order valence-corrected chi connectivity index (χ4v) is 2.29. The molecule has 1 aromatic heterocycles. The van der Waals surface area contributed by atoms with Gasteiger partial charge in [0.15, 0.2) is 0 Å². The highest BCUT2D eigenvalue weighted by Crippen LogP contribution is 2.25. The lowest BCUT2D eigenvalue weighted by Crippen LogP contribution is -2.13. The van der Waals surface area contributed by atoms with Crippen LogP contribution in [0, 0.1) is 12.7 Å². The van der Waals surface area contributed by atoms with Gasteiger partial charge in [0, 0.05) is 4.47 Å². The van der Waals surface area contributed by atoms with Gasteiger partial charge >= 0.3 is 0 Å². The van der Waals surface area contributed by atoms with Crippen molar-refractivity contribution in [1.82, 2.24) is 0 Å². The van der Waals surface area contributed by atoms with Crippen LogP contribution in [-0.2, 0) is 6.42 Å². The lowest BCUT2D eigenvalue weighted by molar-refractivity contribution is 0.461. The highest BCUT2D eigenvalue weighted by molar-refractivity contribution is 9.10. The van der Waals surface area contributed by atoms with E-state index in [0.29, 0.717) is 6.42 Å². The number of aryl methyl sites for hydroxylation is 1. The summed E-state index contributed by atoms with van der Waals surface area (Å²) in [5.41, 5.74) is 8.08.